The van der Waals surface area contributed by atoms with Crippen LogP contribution in [0.5, 0.6) is 5.75 Å². The molecule has 0 amide bonds. The monoisotopic (exact) mass is 376 g/mol. The summed E-state index contributed by atoms with van der Waals surface area (Å²) in [5.41, 5.74) is -0.447. The summed E-state index contributed by atoms with van der Waals surface area (Å²) in [5, 5.41) is 20.8. The zero-order valence-corrected chi connectivity index (χ0v) is 14.9. The Morgan fingerprint density at radius 2 is 1.52 bits per heavy atom. The van der Waals surface area contributed by atoms with Gasteiger partial charge in [-0.1, -0.05) is 31.2 Å². The van der Waals surface area contributed by atoms with Crippen molar-refractivity contribution in [1.29, 1.82) is 5.26 Å². The minimum atomic E-state index is -4.77. The fourth-order valence-electron chi connectivity index (χ4n) is 3.92. The minimum absolute atomic E-state index is 0.343. The molecular weight excluding hydrogens is 357 g/mol. The number of likely N-dealkylation sites (tertiary alicyclic amines) is 1. The van der Waals surface area contributed by atoms with Gasteiger partial charge in [0.1, 0.15) is 11.4 Å². The van der Waals surface area contributed by atoms with E-state index < -0.39 is 17.4 Å². The lowest BCUT2D eigenvalue weighted by Crippen LogP contribution is -2.63. The highest BCUT2D eigenvalue weighted by Gasteiger charge is 2.55. The van der Waals surface area contributed by atoms with E-state index in [9.17, 15) is 18.3 Å². The van der Waals surface area contributed by atoms with Crippen molar-refractivity contribution in [3.63, 3.8) is 0 Å². The Balaban J connectivity index is 2.03. The molecule has 7 heteroatoms. The summed E-state index contributed by atoms with van der Waals surface area (Å²) in [6.07, 6.45) is -4.77. The normalized spacial score (nSPS) is 18.9. The molecule has 1 heterocycles. The number of nitriles is 1. The van der Waals surface area contributed by atoms with Gasteiger partial charge in [0, 0.05) is 18.5 Å². The van der Waals surface area contributed by atoms with Gasteiger partial charge >= 0.3 is 6.36 Å². The molecule has 4 nitrogen and oxygen atoms in total. The van der Waals surface area contributed by atoms with Crippen molar-refractivity contribution in [2.24, 2.45) is 5.41 Å². The number of aliphatic hydroxyl groups is 1. The molecule has 1 aliphatic rings. The van der Waals surface area contributed by atoms with Crippen LogP contribution < -0.4 is 4.74 Å². The van der Waals surface area contributed by atoms with Gasteiger partial charge in [0.15, 0.2) is 0 Å². The van der Waals surface area contributed by atoms with Crippen LogP contribution in [0, 0.1) is 16.7 Å². The summed E-state index contributed by atoms with van der Waals surface area (Å²) in [7, 11) is 1.93. The van der Waals surface area contributed by atoms with E-state index >= 15 is 0 Å². The first-order valence-corrected chi connectivity index (χ1v) is 8.35. The Kier molecular flexibility index (Phi) is 4.66. The maximum Gasteiger partial charge on any atom is 0.573 e. The van der Waals surface area contributed by atoms with Crippen LogP contribution >= 0.6 is 0 Å². The molecule has 0 bridgehead atoms. The van der Waals surface area contributed by atoms with Crippen molar-refractivity contribution in [2.45, 2.75) is 18.9 Å². The SMILES string of the molecule is CN1CC(C)([C@@](O)(c2ccc(C#N)cc2)c2ccc(OC(F)(F)F)cc2)C1. The fraction of sp³-hybridized carbons (Fsp3) is 0.350. The molecule has 1 fully saturated rings. The van der Waals surface area contributed by atoms with Crippen molar-refractivity contribution in [3.8, 4) is 11.8 Å². The number of nitrogens with zero attached hydrogens (tertiary/aromatic N) is 2. The quantitative estimate of drug-likeness (QED) is 0.885. The molecule has 0 spiro atoms. The lowest BCUT2D eigenvalue weighted by atomic mass is 9.62. The smallest absolute Gasteiger partial charge is 0.406 e. The van der Waals surface area contributed by atoms with Gasteiger partial charge in [-0.25, -0.2) is 0 Å². The molecule has 1 N–H and O–H groups in total. The largest absolute Gasteiger partial charge is 0.573 e. The number of hydrogen-bond acceptors (Lipinski definition) is 4. The molecule has 0 radical (unpaired) electrons. The number of rotatable bonds is 4. The summed E-state index contributed by atoms with van der Waals surface area (Å²) in [5.74, 6) is -0.343. The first-order chi connectivity index (χ1) is 12.6. The number of hydrogen-bond donors (Lipinski definition) is 1. The van der Waals surface area contributed by atoms with Crippen LogP contribution in [0.3, 0.4) is 0 Å². The van der Waals surface area contributed by atoms with Crippen LogP contribution in [-0.4, -0.2) is 36.5 Å². The number of benzene rings is 2. The molecule has 0 unspecified atom stereocenters. The van der Waals surface area contributed by atoms with Gasteiger partial charge in [-0.15, -0.1) is 13.2 Å². The second-order valence-corrected chi connectivity index (χ2v) is 7.20. The molecule has 2 aromatic rings. The number of ether oxygens (including phenoxy) is 1. The Bertz CT molecular complexity index is 851. The summed E-state index contributed by atoms with van der Waals surface area (Å²) in [6.45, 7) is 3.17. The topological polar surface area (TPSA) is 56.5 Å². The van der Waals surface area contributed by atoms with Gasteiger partial charge in [-0.05, 0) is 42.4 Å². The van der Waals surface area contributed by atoms with Crippen LogP contribution in [0.25, 0.3) is 0 Å². The molecule has 27 heavy (non-hydrogen) atoms. The standard InChI is InChI=1S/C20H19F3N2O2/c1-18(12-25(2)13-18)19(26,15-5-3-14(11-24)4-6-15)16-7-9-17(10-8-16)27-20(21,22)23/h3-10,26H,12-13H2,1-2H3/t19-/m1/s1. The van der Waals surface area contributed by atoms with Gasteiger partial charge in [0.25, 0.3) is 0 Å². The van der Waals surface area contributed by atoms with Crippen LogP contribution in [0.15, 0.2) is 48.5 Å². The second kappa shape index (κ2) is 6.55. The average molecular weight is 376 g/mol. The zero-order valence-electron chi connectivity index (χ0n) is 14.9. The Morgan fingerprint density at radius 3 is 1.93 bits per heavy atom. The number of alkyl halides is 3. The van der Waals surface area contributed by atoms with E-state index in [1.54, 1.807) is 24.3 Å². The van der Waals surface area contributed by atoms with Crippen molar-refractivity contribution >= 4 is 0 Å². The number of halogens is 3. The van der Waals surface area contributed by atoms with Gasteiger partial charge in [-0.3, -0.25) is 0 Å². The highest BCUT2D eigenvalue weighted by atomic mass is 19.4. The van der Waals surface area contributed by atoms with E-state index in [2.05, 4.69) is 9.64 Å². The van der Waals surface area contributed by atoms with E-state index in [1.807, 2.05) is 20.0 Å². The third kappa shape index (κ3) is 3.51. The molecular formula is C20H19F3N2O2. The highest BCUT2D eigenvalue weighted by Crippen LogP contribution is 2.50. The van der Waals surface area contributed by atoms with E-state index in [1.165, 1.54) is 24.3 Å². The molecule has 1 atom stereocenters. The predicted octanol–water partition coefficient (Wildman–Crippen LogP) is 3.64. The Labute approximate surface area is 155 Å². The summed E-state index contributed by atoms with van der Waals surface area (Å²) < 4.78 is 41.1. The summed E-state index contributed by atoms with van der Waals surface area (Å²) in [4.78, 5) is 2.05. The van der Waals surface area contributed by atoms with Gasteiger partial charge in [0.2, 0.25) is 0 Å². The van der Waals surface area contributed by atoms with Crippen LogP contribution in [0.2, 0.25) is 0 Å². The lowest BCUT2D eigenvalue weighted by molar-refractivity contribution is -0.274. The van der Waals surface area contributed by atoms with Crippen LogP contribution in [0.1, 0.15) is 23.6 Å². The molecule has 0 saturated carbocycles. The van der Waals surface area contributed by atoms with E-state index in [4.69, 9.17) is 5.26 Å². The van der Waals surface area contributed by atoms with Gasteiger partial charge < -0.3 is 14.7 Å². The summed E-state index contributed by atoms with van der Waals surface area (Å²) >= 11 is 0. The van der Waals surface area contributed by atoms with E-state index in [0.717, 1.165) is 0 Å². The highest BCUT2D eigenvalue weighted by molar-refractivity contribution is 5.44. The van der Waals surface area contributed by atoms with E-state index in [0.29, 0.717) is 29.8 Å². The fourth-order valence-corrected chi connectivity index (χ4v) is 3.92. The first-order valence-electron chi connectivity index (χ1n) is 8.35. The minimum Gasteiger partial charge on any atom is -0.406 e. The lowest BCUT2D eigenvalue weighted by Gasteiger charge is -2.56. The maximum absolute atomic E-state index is 12.4. The van der Waals surface area contributed by atoms with Crippen LogP contribution in [0.4, 0.5) is 13.2 Å². The third-order valence-corrected chi connectivity index (χ3v) is 5.05. The average Bonchev–Trinajstić information content (AvgIpc) is 2.59. The molecule has 3 rings (SSSR count). The molecule has 1 saturated heterocycles. The zero-order chi connectivity index (χ0) is 19.9. The molecule has 0 aromatic heterocycles. The first kappa shape index (κ1) is 19.2. The maximum atomic E-state index is 12.4. The van der Waals surface area contributed by atoms with Gasteiger partial charge in [0.05, 0.1) is 11.6 Å². The molecule has 0 aliphatic carbocycles. The van der Waals surface area contributed by atoms with Gasteiger partial charge in [-0.2, -0.15) is 5.26 Å². The molecule has 2 aromatic carbocycles. The third-order valence-electron chi connectivity index (χ3n) is 5.05. The van der Waals surface area contributed by atoms with Crippen molar-refractivity contribution in [2.75, 3.05) is 20.1 Å². The molecule has 1 aliphatic heterocycles. The Morgan fingerprint density at radius 1 is 1.04 bits per heavy atom. The van der Waals surface area contributed by atoms with Crippen molar-refractivity contribution < 1.29 is 23.0 Å². The Hall–Kier alpha value is -2.56. The van der Waals surface area contributed by atoms with Crippen molar-refractivity contribution in [3.05, 3.63) is 65.2 Å². The van der Waals surface area contributed by atoms with Crippen molar-refractivity contribution in [1.82, 2.24) is 4.90 Å². The summed E-state index contributed by atoms with van der Waals surface area (Å²) in [6, 6.07) is 13.9. The predicted molar refractivity (Wildman–Crippen MR) is 92.9 cm³/mol. The second-order valence-electron chi connectivity index (χ2n) is 7.20. The van der Waals surface area contributed by atoms with E-state index in [-0.39, 0.29) is 5.75 Å². The molecule has 142 valence electrons. The van der Waals surface area contributed by atoms with Crippen LogP contribution in [-0.2, 0) is 5.60 Å².